The van der Waals surface area contributed by atoms with Gasteiger partial charge in [-0.1, -0.05) is 18.6 Å². The highest BCUT2D eigenvalue weighted by atomic mass is 16.2. The third-order valence-electron chi connectivity index (χ3n) is 5.97. The molecule has 3 heterocycles. The molecule has 6 heteroatoms. The van der Waals surface area contributed by atoms with E-state index < -0.39 is 0 Å². The van der Waals surface area contributed by atoms with Gasteiger partial charge in [-0.15, -0.1) is 0 Å². The van der Waals surface area contributed by atoms with Crippen molar-refractivity contribution in [3.05, 3.63) is 36.0 Å². The van der Waals surface area contributed by atoms with Gasteiger partial charge >= 0.3 is 0 Å². The van der Waals surface area contributed by atoms with Gasteiger partial charge in [0, 0.05) is 37.6 Å². The molecule has 0 saturated carbocycles. The molecule has 0 bridgehead atoms. The highest BCUT2D eigenvalue weighted by Gasteiger charge is 2.28. The summed E-state index contributed by atoms with van der Waals surface area (Å²) in [5.74, 6) is -0.0877. The number of amides is 2. The number of benzene rings is 1. The molecule has 2 fully saturated rings. The van der Waals surface area contributed by atoms with Crippen LogP contribution in [0.4, 0.5) is 5.69 Å². The van der Waals surface area contributed by atoms with E-state index >= 15 is 0 Å². The van der Waals surface area contributed by atoms with Crippen molar-refractivity contribution >= 4 is 28.4 Å². The van der Waals surface area contributed by atoms with E-state index in [4.69, 9.17) is 0 Å². The van der Waals surface area contributed by atoms with Crippen LogP contribution in [0.25, 0.3) is 10.9 Å². The van der Waals surface area contributed by atoms with Crippen LogP contribution in [0.5, 0.6) is 0 Å². The molecule has 2 amide bonds. The standard InChI is InChI=1S/C22H28N4O2/c1-16(27)24-20-7-5-6-18-19(8-11-23-21(18)20)22(28)26-14-9-17(10-15-26)25-12-3-2-4-13-25/h5-8,11,17H,2-4,9-10,12-15H2,1H3,(H,24,27). The van der Waals surface area contributed by atoms with Crippen molar-refractivity contribution in [2.24, 2.45) is 0 Å². The predicted molar refractivity (Wildman–Crippen MR) is 110 cm³/mol. The Morgan fingerprint density at radius 1 is 1.04 bits per heavy atom. The van der Waals surface area contributed by atoms with E-state index in [0.717, 1.165) is 31.3 Å². The molecule has 0 aliphatic carbocycles. The second kappa shape index (κ2) is 8.27. The first kappa shape index (κ1) is 18.9. The lowest BCUT2D eigenvalue weighted by atomic mass is 9.99. The summed E-state index contributed by atoms with van der Waals surface area (Å²) >= 11 is 0. The number of para-hydroxylation sites is 1. The second-order valence-corrected chi connectivity index (χ2v) is 7.86. The third-order valence-corrected chi connectivity index (χ3v) is 5.97. The van der Waals surface area contributed by atoms with Gasteiger partial charge in [-0.25, -0.2) is 0 Å². The van der Waals surface area contributed by atoms with Crippen molar-refractivity contribution in [3.8, 4) is 0 Å². The number of likely N-dealkylation sites (tertiary alicyclic amines) is 2. The Morgan fingerprint density at radius 2 is 1.79 bits per heavy atom. The SMILES string of the molecule is CC(=O)Nc1cccc2c(C(=O)N3CCC(N4CCCCC4)CC3)ccnc12. The molecular weight excluding hydrogens is 352 g/mol. The lowest BCUT2D eigenvalue weighted by Crippen LogP contribution is -2.48. The largest absolute Gasteiger partial charge is 0.339 e. The van der Waals surface area contributed by atoms with Crippen molar-refractivity contribution in [1.82, 2.24) is 14.8 Å². The lowest BCUT2D eigenvalue weighted by molar-refractivity contribution is -0.114. The van der Waals surface area contributed by atoms with Crippen LogP contribution in [0, 0.1) is 0 Å². The van der Waals surface area contributed by atoms with Gasteiger partial charge in [0.1, 0.15) is 0 Å². The maximum absolute atomic E-state index is 13.2. The van der Waals surface area contributed by atoms with E-state index in [2.05, 4.69) is 15.2 Å². The smallest absolute Gasteiger partial charge is 0.254 e. The number of carbonyl (C=O) groups excluding carboxylic acids is 2. The Balaban J connectivity index is 1.51. The van der Waals surface area contributed by atoms with Crippen molar-refractivity contribution < 1.29 is 9.59 Å². The summed E-state index contributed by atoms with van der Waals surface area (Å²) in [6.45, 7) is 5.49. The Morgan fingerprint density at radius 3 is 2.50 bits per heavy atom. The van der Waals surface area contributed by atoms with Crippen LogP contribution in [0.15, 0.2) is 30.5 Å². The van der Waals surface area contributed by atoms with Crippen LogP contribution >= 0.6 is 0 Å². The minimum atomic E-state index is -0.147. The number of carbonyl (C=O) groups is 2. The average molecular weight is 380 g/mol. The highest BCUT2D eigenvalue weighted by Crippen LogP contribution is 2.27. The number of piperidine rings is 2. The molecule has 2 aliphatic rings. The van der Waals surface area contributed by atoms with Gasteiger partial charge in [-0.3, -0.25) is 14.6 Å². The zero-order chi connectivity index (χ0) is 19.5. The number of anilines is 1. The fourth-order valence-electron chi connectivity index (χ4n) is 4.54. The molecule has 148 valence electrons. The number of hydrogen-bond donors (Lipinski definition) is 1. The topological polar surface area (TPSA) is 65.5 Å². The number of rotatable bonds is 3. The van der Waals surface area contributed by atoms with Gasteiger partial charge in [0.15, 0.2) is 0 Å². The first-order valence-corrected chi connectivity index (χ1v) is 10.3. The molecule has 0 radical (unpaired) electrons. The fraction of sp³-hybridized carbons (Fsp3) is 0.500. The number of hydrogen-bond acceptors (Lipinski definition) is 4. The van der Waals surface area contributed by atoms with Gasteiger partial charge in [-0.2, -0.15) is 0 Å². The molecule has 4 rings (SSSR count). The number of pyridine rings is 1. The summed E-state index contributed by atoms with van der Waals surface area (Å²) in [7, 11) is 0. The first-order valence-electron chi connectivity index (χ1n) is 10.3. The molecule has 28 heavy (non-hydrogen) atoms. The number of nitrogens with one attached hydrogen (secondary N) is 1. The minimum Gasteiger partial charge on any atom is -0.339 e. The van der Waals surface area contributed by atoms with Crippen LogP contribution in [0.2, 0.25) is 0 Å². The summed E-state index contributed by atoms with van der Waals surface area (Å²) in [6, 6.07) is 7.98. The molecule has 2 aliphatic heterocycles. The molecule has 0 unspecified atom stereocenters. The quantitative estimate of drug-likeness (QED) is 0.887. The molecule has 1 aromatic heterocycles. The molecule has 6 nitrogen and oxygen atoms in total. The molecular formula is C22H28N4O2. The van der Waals surface area contributed by atoms with E-state index in [1.165, 1.54) is 39.3 Å². The molecule has 2 saturated heterocycles. The highest BCUT2D eigenvalue weighted by molar-refractivity contribution is 6.10. The van der Waals surface area contributed by atoms with Crippen LogP contribution in [-0.2, 0) is 4.79 Å². The Kier molecular flexibility index (Phi) is 5.57. The van der Waals surface area contributed by atoms with Crippen LogP contribution in [-0.4, -0.2) is 58.8 Å². The number of fused-ring (bicyclic) bond motifs is 1. The summed E-state index contributed by atoms with van der Waals surface area (Å²) in [4.78, 5) is 33.7. The van der Waals surface area contributed by atoms with E-state index in [-0.39, 0.29) is 11.8 Å². The van der Waals surface area contributed by atoms with Crippen molar-refractivity contribution in [3.63, 3.8) is 0 Å². The van der Waals surface area contributed by atoms with Gasteiger partial charge in [-0.05, 0) is 50.9 Å². The zero-order valence-electron chi connectivity index (χ0n) is 16.5. The van der Waals surface area contributed by atoms with Crippen molar-refractivity contribution in [1.29, 1.82) is 0 Å². The summed E-state index contributed by atoms with van der Waals surface area (Å²) in [5, 5.41) is 3.59. The second-order valence-electron chi connectivity index (χ2n) is 7.86. The van der Waals surface area contributed by atoms with E-state index in [1.54, 1.807) is 12.3 Å². The van der Waals surface area contributed by atoms with Gasteiger partial charge in [0.2, 0.25) is 5.91 Å². The zero-order valence-corrected chi connectivity index (χ0v) is 16.5. The van der Waals surface area contributed by atoms with Crippen molar-refractivity contribution in [2.45, 2.75) is 45.1 Å². The number of nitrogens with zero attached hydrogens (tertiary/aromatic N) is 3. The van der Waals surface area contributed by atoms with E-state index in [9.17, 15) is 9.59 Å². The average Bonchev–Trinajstić information content (AvgIpc) is 2.73. The van der Waals surface area contributed by atoms with Gasteiger partial charge in [0.25, 0.3) is 5.91 Å². The summed E-state index contributed by atoms with van der Waals surface area (Å²) in [5.41, 5.74) is 1.96. The van der Waals surface area contributed by atoms with Crippen LogP contribution < -0.4 is 5.32 Å². The summed E-state index contributed by atoms with van der Waals surface area (Å²) in [6.07, 6.45) is 7.71. The first-order chi connectivity index (χ1) is 13.6. The van der Waals surface area contributed by atoms with E-state index in [1.807, 2.05) is 23.1 Å². The van der Waals surface area contributed by atoms with Crippen LogP contribution in [0.1, 0.15) is 49.4 Å². The molecule has 0 atom stereocenters. The molecule has 1 aromatic carbocycles. The Bertz CT molecular complexity index is 868. The van der Waals surface area contributed by atoms with Gasteiger partial charge in [0.05, 0.1) is 16.8 Å². The lowest BCUT2D eigenvalue weighted by Gasteiger charge is -2.40. The number of aromatic nitrogens is 1. The van der Waals surface area contributed by atoms with Crippen molar-refractivity contribution in [2.75, 3.05) is 31.5 Å². The Hall–Kier alpha value is -2.47. The maximum Gasteiger partial charge on any atom is 0.254 e. The maximum atomic E-state index is 13.2. The normalized spacial score (nSPS) is 19.0. The van der Waals surface area contributed by atoms with Crippen LogP contribution in [0.3, 0.4) is 0 Å². The molecule has 2 aromatic rings. The van der Waals surface area contributed by atoms with E-state index in [0.29, 0.717) is 22.8 Å². The molecule has 1 N–H and O–H groups in total. The minimum absolute atomic E-state index is 0.0597. The molecule has 0 spiro atoms. The predicted octanol–water partition coefficient (Wildman–Crippen LogP) is 3.28. The third kappa shape index (κ3) is 3.87. The Labute approximate surface area is 165 Å². The van der Waals surface area contributed by atoms with Gasteiger partial charge < -0.3 is 15.1 Å². The fourth-order valence-corrected chi connectivity index (χ4v) is 4.54. The summed E-state index contributed by atoms with van der Waals surface area (Å²) < 4.78 is 0. The monoisotopic (exact) mass is 380 g/mol.